The van der Waals surface area contributed by atoms with Gasteiger partial charge in [0.05, 0.1) is 23.2 Å². The lowest BCUT2D eigenvalue weighted by molar-refractivity contribution is -0.139. The van der Waals surface area contributed by atoms with Crippen LogP contribution in [0, 0.1) is 18.8 Å². The molecule has 0 aromatic carbocycles. The first kappa shape index (κ1) is 10.7. The third kappa shape index (κ3) is 1.91. The van der Waals surface area contributed by atoms with Gasteiger partial charge in [-0.1, -0.05) is 0 Å². The Morgan fingerprint density at radius 1 is 1.56 bits per heavy atom. The molecular weight excluding hydrogens is 210 g/mol. The lowest BCUT2D eigenvalue weighted by Crippen LogP contribution is -2.16. The van der Waals surface area contributed by atoms with Gasteiger partial charge in [0.25, 0.3) is 0 Å². The summed E-state index contributed by atoms with van der Waals surface area (Å²) in [6, 6.07) is 0. The highest BCUT2D eigenvalue weighted by Gasteiger charge is 2.48. The van der Waals surface area contributed by atoms with Gasteiger partial charge in [-0.25, -0.2) is 0 Å². The average Bonchev–Trinajstić information content (AvgIpc) is 2.90. The quantitative estimate of drug-likeness (QED) is 0.776. The topological polar surface area (TPSA) is 84.2 Å². The molecule has 1 aliphatic rings. The molecule has 0 bridgehead atoms. The van der Waals surface area contributed by atoms with Gasteiger partial charge in [-0.05, 0) is 13.3 Å². The van der Waals surface area contributed by atoms with Crippen LogP contribution in [0.1, 0.15) is 12.1 Å². The molecule has 86 valence electrons. The molecule has 0 radical (unpaired) electrons. The number of hydrogen-bond donors (Lipinski definition) is 2. The van der Waals surface area contributed by atoms with E-state index < -0.39 is 17.8 Å². The van der Waals surface area contributed by atoms with Crippen molar-refractivity contribution in [1.82, 2.24) is 9.78 Å². The molecule has 2 N–H and O–H groups in total. The van der Waals surface area contributed by atoms with Crippen molar-refractivity contribution >= 4 is 17.6 Å². The SMILES string of the molecule is Cc1nn(C)cc1NC(=O)[C@@H]1C[C@@H]1C(=O)O. The molecular formula is C10H13N3O3. The number of aliphatic carboxylic acids is 1. The van der Waals surface area contributed by atoms with E-state index in [0.29, 0.717) is 12.1 Å². The van der Waals surface area contributed by atoms with Crippen LogP contribution in [0.3, 0.4) is 0 Å². The molecule has 1 fully saturated rings. The Bertz CT molecular complexity index is 452. The third-order valence-electron chi connectivity index (χ3n) is 2.72. The van der Waals surface area contributed by atoms with Gasteiger partial charge in [-0.2, -0.15) is 5.10 Å². The van der Waals surface area contributed by atoms with Crippen molar-refractivity contribution in [3.63, 3.8) is 0 Å². The van der Waals surface area contributed by atoms with Crippen molar-refractivity contribution < 1.29 is 14.7 Å². The summed E-state index contributed by atoms with van der Waals surface area (Å²) in [5, 5.41) is 15.5. The Kier molecular flexibility index (Phi) is 2.41. The Hall–Kier alpha value is -1.85. The third-order valence-corrected chi connectivity index (χ3v) is 2.72. The summed E-state index contributed by atoms with van der Waals surface area (Å²) in [7, 11) is 1.76. The molecule has 6 heteroatoms. The molecule has 0 spiro atoms. The van der Waals surface area contributed by atoms with Gasteiger partial charge in [-0.3, -0.25) is 14.3 Å². The lowest BCUT2D eigenvalue weighted by Gasteiger charge is -2.01. The number of aromatic nitrogens is 2. The van der Waals surface area contributed by atoms with Crippen LogP contribution in [-0.2, 0) is 16.6 Å². The predicted octanol–water partition coefficient (Wildman–Crippen LogP) is 0.388. The first-order valence-electron chi connectivity index (χ1n) is 5.03. The molecule has 1 amide bonds. The van der Waals surface area contributed by atoms with Crippen LogP contribution in [0.25, 0.3) is 0 Å². The number of carbonyl (C=O) groups excluding carboxylic acids is 1. The zero-order chi connectivity index (χ0) is 11.9. The van der Waals surface area contributed by atoms with E-state index in [-0.39, 0.29) is 5.91 Å². The number of rotatable bonds is 3. The fourth-order valence-corrected chi connectivity index (χ4v) is 1.71. The molecule has 6 nitrogen and oxygen atoms in total. The van der Waals surface area contributed by atoms with Crippen LogP contribution in [-0.4, -0.2) is 26.8 Å². The maximum Gasteiger partial charge on any atom is 0.307 e. The van der Waals surface area contributed by atoms with Crippen molar-refractivity contribution in [3.8, 4) is 0 Å². The van der Waals surface area contributed by atoms with Gasteiger partial charge in [0.1, 0.15) is 0 Å². The van der Waals surface area contributed by atoms with Gasteiger partial charge in [0.15, 0.2) is 0 Å². The number of aryl methyl sites for hydroxylation is 2. The van der Waals surface area contributed by atoms with Gasteiger partial charge in [-0.15, -0.1) is 0 Å². The zero-order valence-corrected chi connectivity index (χ0v) is 9.10. The molecule has 0 saturated heterocycles. The van der Waals surface area contributed by atoms with Crippen LogP contribution >= 0.6 is 0 Å². The molecule has 16 heavy (non-hydrogen) atoms. The number of anilines is 1. The maximum atomic E-state index is 11.6. The monoisotopic (exact) mass is 223 g/mol. The van der Waals surface area contributed by atoms with Crippen molar-refractivity contribution in [3.05, 3.63) is 11.9 Å². The smallest absolute Gasteiger partial charge is 0.307 e. The number of amides is 1. The van der Waals surface area contributed by atoms with Gasteiger partial charge >= 0.3 is 5.97 Å². The maximum absolute atomic E-state index is 11.6. The van der Waals surface area contributed by atoms with Gasteiger partial charge in [0, 0.05) is 13.2 Å². The standard InChI is InChI=1S/C10H13N3O3/c1-5-8(4-13(2)12-5)11-9(14)6-3-7(6)10(15)16/h4,6-7H,3H2,1-2H3,(H,11,14)(H,15,16)/t6-,7+/m1/s1. The largest absolute Gasteiger partial charge is 0.481 e. The van der Waals surface area contributed by atoms with E-state index in [1.54, 1.807) is 24.9 Å². The summed E-state index contributed by atoms with van der Waals surface area (Å²) in [6.07, 6.45) is 2.13. The number of nitrogens with zero attached hydrogens (tertiary/aromatic N) is 2. The molecule has 1 heterocycles. The summed E-state index contributed by atoms with van der Waals surface area (Å²) in [6.45, 7) is 1.79. The second kappa shape index (κ2) is 3.62. The van der Waals surface area contributed by atoms with E-state index in [1.165, 1.54) is 0 Å². The number of carboxylic acid groups (broad SMARTS) is 1. The molecule has 1 aromatic rings. The highest BCUT2D eigenvalue weighted by Crippen LogP contribution is 2.39. The van der Waals surface area contributed by atoms with E-state index in [9.17, 15) is 9.59 Å². The van der Waals surface area contributed by atoms with Crippen molar-refractivity contribution in [2.45, 2.75) is 13.3 Å². The number of carboxylic acids is 1. The second-order valence-electron chi connectivity index (χ2n) is 4.08. The van der Waals surface area contributed by atoms with Gasteiger partial charge in [0.2, 0.25) is 5.91 Å². The fraction of sp³-hybridized carbons (Fsp3) is 0.500. The average molecular weight is 223 g/mol. The predicted molar refractivity (Wildman–Crippen MR) is 55.8 cm³/mol. The Labute approximate surface area is 92.3 Å². The summed E-state index contributed by atoms with van der Waals surface area (Å²) in [5.74, 6) is -2.04. The first-order valence-corrected chi connectivity index (χ1v) is 5.03. The highest BCUT2D eigenvalue weighted by molar-refractivity contribution is 5.98. The molecule has 0 unspecified atom stereocenters. The van der Waals surface area contributed by atoms with E-state index >= 15 is 0 Å². The first-order chi connectivity index (χ1) is 7.49. The Morgan fingerprint density at radius 2 is 2.25 bits per heavy atom. The van der Waals surface area contributed by atoms with Crippen molar-refractivity contribution in [1.29, 1.82) is 0 Å². The minimum absolute atomic E-state index is 0.233. The van der Waals surface area contributed by atoms with Crippen molar-refractivity contribution in [2.24, 2.45) is 18.9 Å². The van der Waals surface area contributed by atoms with Gasteiger partial charge < -0.3 is 10.4 Å². The molecule has 2 atom stereocenters. The zero-order valence-electron chi connectivity index (χ0n) is 9.10. The Balaban J connectivity index is 1.99. The van der Waals surface area contributed by atoms with Crippen LogP contribution in [0.4, 0.5) is 5.69 Å². The highest BCUT2D eigenvalue weighted by atomic mass is 16.4. The minimum Gasteiger partial charge on any atom is -0.481 e. The van der Waals surface area contributed by atoms with E-state index in [1.807, 2.05) is 0 Å². The van der Waals surface area contributed by atoms with Crippen molar-refractivity contribution in [2.75, 3.05) is 5.32 Å². The van der Waals surface area contributed by atoms with Crippen LogP contribution in [0.5, 0.6) is 0 Å². The summed E-state index contributed by atoms with van der Waals surface area (Å²) in [4.78, 5) is 22.2. The molecule has 2 rings (SSSR count). The second-order valence-corrected chi connectivity index (χ2v) is 4.08. The summed E-state index contributed by atoms with van der Waals surface area (Å²) in [5.41, 5.74) is 1.37. The molecule has 1 saturated carbocycles. The molecule has 1 aromatic heterocycles. The molecule has 0 aliphatic heterocycles. The summed E-state index contributed by atoms with van der Waals surface area (Å²) >= 11 is 0. The van der Waals surface area contributed by atoms with Crippen LogP contribution < -0.4 is 5.32 Å². The fourth-order valence-electron chi connectivity index (χ4n) is 1.71. The van der Waals surface area contributed by atoms with Crippen LogP contribution in [0.2, 0.25) is 0 Å². The van der Waals surface area contributed by atoms with E-state index in [0.717, 1.165) is 5.69 Å². The number of carbonyl (C=O) groups is 2. The minimum atomic E-state index is -0.900. The molecule has 1 aliphatic carbocycles. The summed E-state index contributed by atoms with van der Waals surface area (Å²) < 4.78 is 1.60. The van der Waals surface area contributed by atoms with Crippen LogP contribution in [0.15, 0.2) is 6.20 Å². The number of nitrogens with one attached hydrogen (secondary N) is 1. The lowest BCUT2D eigenvalue weighted by atomic mass is 10.3. The van der Waals surface area contributed by atoms with E-state index in [2.05, 4.69) is 10.4 Å². The normalized spacial score (nSPS) is 22.9. The Morgan fingerprint density at radius 3 is 2.69 bits per heavy atom. The van der Waals surface area contributed by atoms with E-state index in [4.69, 9.17) is 5.11 Å². The number of hydrogen-bond acceptors (Lipinski definition) is 3.